The third-order valence-corrected chi connectivity index (χ3v) is 3.27. The fraction of sp³-hybridized carbons (Fsp3) is 0.667. The van der Waals surface area contributed by atoms with Crippen LogP contribution in [-0.2, 0) is 6.42 Å². The average molecular weight is 193 g/mol. The van der Waals surface area contributed by atoms with E-state index < -0.39 is 0 Å². The van der Waals surface area contributed by atoms with Gasteiger partial charge < -0.3 is 10.2 Å². The van der Waals surface area contributed by atoms with Gasteiger partial charge in [0.2, 0.25) is 0 Å². The van der Waals surface area contributed by atoms with Gasteiger partial charge in [0.05, 0.1) is 6.26 Å². The quantitative estimate of drug-likeness (QED) is 0.801. The number of furan rings is 1. The first-order chi connectivity index (χ1) is 6.86. The van der Waals surface area contributed by atoms with Crippen LogP contribution in [0.2, 0.25) is 0 Å². The Hall–Kier alpha value is -0.760. The Bertz CT molecular complexity index is 249. The Balaban J connectivity index is 1.85. The molecule has 14 heavy (non-hydrogen) atoms. The minimum absolute atomic E-state index is 0.293. The molecule has 0 aliphatic heterocycles. The van der Waals surface area contributed by atoms with Crippen molar-refractivity contribution in [2.45, 2.75) is 44.6 Å². The molecule has 2 N–H and O–H groups in total. The molecule has 2 heteroatoms. The van der Waals surface area contributed by atoms with Crippen molar-refractivity contribution in [2.24, 2.45) is 11.7 Å². The van der Waals surface area contributed by atoms with Crippen LogP contribution in [-0.4, -0.2) is 6.04 Å². The molecule has 1 saturated carbocycles. The highest BCUT2D eigenvalue weighted by atomic mass is 16.3. The lowest BCUT2D eigenvalue weighted by Crippen LogP contribution is -2.33. The minimum atomic E-state index is 0.293. The van der Waals surface area contributed by atoms with Crippen LogP contribution in [0.5, 0.6) is 0 Å². The van der Waals surface area contributed by atoms with E-state index in [9.17, 15) is 0 Å². The summed E-state index contributed by atoms with van der Waals surface area (Å²) in [5, 5.41) is 0. The molecule has 1 aromatic heterocycles. The fourth-order valence-electron chi connectivity index (χ4n) is 2.39. The summed E-state index contributed by atoms with van der Waals surface area (Å²) >= 11 is 0. The summed E-state index contributed by atoms with van der Waals surface area (Å²) in [6, 6.07) is 4.24. The fourth-order valence-corrected chi connectivity index (χ4v) is 2.39. The van der Waals surface area contributed by atoms with Crippen LogP contribution >= 0.6 is 0 Å². The molecule has 0 amide bonds. The van der Waals surface area contributed by atoms with Crippen LogP contribution in [0, 0.1) is 5.92 Å². The summed E-state index contributed by atoms with van der Waals surface area (Å²) in [5.74, 6) is 1.75. The van der Waals surface area contributed by atoms with E-state index >= 15 is 0 Å². The van der Waals surface area contributed by atoms with Crippen molar-refractivity contribution in [1.82, 2.24) is 0 Å². The van der Waals surface area contributed by atoms with Crippen LogP contribution < -0.4 is 5.73 Å². The van der Waals surface area contributed by atoms with Crippen molar-refractivity contribution in [2.75, 3.05) is 0 Å². The second kappa shape index (κ2) is 4.65. The monoisotopic (exact) mass is 193 g/mol. The minimum Gasteiger partial charge on any atom is -0.469 e. The molecule has 1 aliphatic rings. The van der Waals surface area contributed by atoms with Crippen LogP contribution in [0.4, 0.5) is 0 Å². The third-order valence-electron chi connectivity index (χ3n) is 3.27. The van der Waals surface area contributed by atoms with Gasteiger partial charge in [-0.05, 0) is 30.9 Å². The molecule has 1 fully saturated rings. The Labute approximate surface area is 85.5 Å². The molecule has 1 aliphatic carbocycles. The first-order valence-corrected chi connectivity index (χ1v) is 5.64. The largest absolute Gasteiger partial charge is 0.469 e. The van der Waals surface area contributed by atoms with Gasteiger partial charge in [0.15, 0.2) is 0 Å². The Morgan fingerprint density at radius 2 is 2.14 bits per heavy atom. The average Bonchev–Trinajstić information content (AvgIpc) is 2.72. The maximum absolute atomic E-state index is 6.18. The predicted molar refractivity (Wildman–Crippen MR) is 57.0 cm³/mol. The molecule has 78 valence electrons. The van der Waals surface area contributed by atoms with E-state index in [0.717, 1.165) is 12.2 Å². The van der Waals surface area contributed by atoms with E-state index in [1.807, 2.05) is 12.1 Å². The third kappa shape index (κ3) is 2.38. The van der Waals surface area contributed by atoms with E-state index in [2.05, 4.69) is 0 Å². The molecule has 0 spiro atoms. The van der Waals surface area contributed by atoms with E-state index in [0.29, 0.717) is 12.0 Å². The normalized spacial score (nSPS) is 20.9. The highest BCUT2D eigenvalue weighted by Crippen LogP contribution is 2.26. The predicted octanol–water partition coefficient (Wildman–Crippen LogP) is 2.73. The number of rotatable bonds is 3. The lowest BCUT2D eigenvalue weighted by molar-refractivity contribution is 0.294. The zero-order valence-corrected chi connectivity index (χ0v) is 8.61. The van der Waals surface area contributed by atoms with Crippen molar-refractivity contribution in [3.05, 3.63) is 24.2 Å². The zero-order chi connectivity index (χ0) is 9.80. The highest BCUT2D eigenvalue weighted by molar-refractivity contribution is 5.01. The van der Waals surface area contributed by atoms with Crippen LogP contribution in [0.15, 0.2) is 22.8 Å². The SMILES string of the molecule is NC(Cc1ccco1)C1CCCCC1. The molecule has 2 rings (SSSR count). The maximum Gasteiger partial charge on any atom is 0.105 e. The van der Waals surface area contributed by atoms with Crippen LogP contribution in [0.25, 0.3) is 0 Å². The van der Waals surface area contributed by atoms with Crippen molar-refractivity contribution >= 4 is 0 Å². The molecule has 1 aromatic rings. The standard InChI is InChI=1S/C12H19NO/c13-12(9-11-7-4-8-14-11)10-5-2-1-3-6-10/h4,7-8,10,12H,1-3,5-6,9,13H2. The molecule has 2 nitrogen and oxygen atoms in total. The van der Waals surface area contributed by atoms with Crippen LogP contribution in [0.3, 0.4) is 0 Å². The second-order valence-electron chi connectivity index (χ2n) is 4.35. The molecular formula is C12H19NO. The number of hydrogen-bond donors (Lipinski definition) is 1. The van der Waals surface area contributed by atoms with Crippen molar-refractivity contribution < 1.29 is 4.42 Å². The Morgan fingerprint density at radius 3 is 2.79 bits per heavy atom. The summed E-state index contributed by atoms with van der Waals surface area (Å²) in [5.41, 5.74) is 6.18. The zero-order valence-electron chi connectivity index (χ0n) is 8.61. The van der Waals surface area contributed by atoms with Crippen molar-refractivity contribution in [3.8, 4) is 0 Å². The van der Waals surface area contributed by atoms with Gasteiger partial charge in [-0.25, -0.2) is 0 Å². The van der Waals surface area contributed by atoms with E-state index in [4.69, 9.17) is 10.2 Å². The molecule has 0 radical (unpaired) electrons. The summed E-state index contributed by atoms with van der Waals surface area (Å²) in [4.78, 5) is 0. The summed E-state index contributed by atoms with van der Waals surface area (Å²) < 4.78 is 5.31. The second-order valence-corrected chi connectivity index (χ2v) is 4.35. The van der Waals surface area contributed by atoms with Gasteiger partial charge in [-0.1, -0.05) is 19.3 Å². The van der Waals surface area contributed by atoms with Gasteiger partial charge >= 0.3 is 0 Å². The molecule has 0 saturated heterocycles. The van der Waals surface area contributed by atoms with E-state index in [1.165, 1.54) is 32.1 Å². The molecule has 1 unspecified atom stereocenters. The van der Waals surface area contributed by atoms with Gasteiger partial charge in [-0.2, -0.15) is 0 Å². The lowest BCUT2D eigenvalue weighted by atomic mass is 9.83. The Kier molecular flexibility index (Phi) is 3.25. The smallest absolute Gasteiger partial charge is 0.105 e. The summed E-state index contributed by atoms with van der Waals surface area (Å²) in [6.07, 6.45) is 9.35. The number of hydrogen-bond acceptors (Lipinski definition) is 2. The topological polar surface area (TPSA) is 39.2 Å². The number of nitrogens with two attached hydrogens (primary N) is 1. The highest BCUT2D eigenvalue weighted by Gasteiger charge is 2.21. The molecule has 1 atom stereocenters. The van der Waals surface area contributed by atoms with Gasteiger partial charge in [0.1, 0.15) is 5.76 Å². The van der Waals surface area contributed by atoms with Gasteiger partial charge in [-0.3, -0.25) is 0 Å². The van der Waals surface area contributed by atoms with E-state index in [1.54, 1.807) is 6.26 Å². The Morgan fingerprint density at radius 1 is 1.36 bits per heavy atom. The van der Waals surface area contributed by atoms with Gasteiger partial charge in [0.25, 0.3) is 0 Å². The molecule has 0 aromatic carbocycles. The summed E-state index contributed by atoms with van der Waals surface area (Å²) in [7, 11) is 0. The lowest BCUT2D eigenvalue weighted by Gasteiger charge is -2.26. The first kappa shape index (κ1) is 9.78. The molecule has 1 heterocycles. The van der Waals surface area contributed by atoms with Gasteiger partial charge in [0, 0.05) is 12.5 Å². The molecule has 0 bridgehead atoms. The van der Waals surface area contributed by atoms with E-state index in [-0.39, 0.29) is 0 Å². The first-order valence-electron chi connectivity index (χ1n) is 5.64. The molecular weight excluding hydrogens is 174 g/mol. The van der Waals surface area contributed by atoms with Gasteiger partial charge in [-0.15, -0.1) is 0 Å². The summed E-state index contributed by atoms with van der Waals surface area (Å²) in [6.45, 7) is 0. The maximum atomic E-state index is 6.18. The van der Waals surface area contributed by atoms with Crippen molar-refractivity contribution in [3.63, 3.8) is 0 Å². The van der Waals surface area contributed by atoms with Crippen molar-refractivity contribution in [1.29, 1.82) is 0 Å². The van der Waals surface area contributed by atoms with Crippen LogP contribution in [0.1, 0.15) is 37.9 Å².